The number of hydrogen-bond donors (Lipinski definition) is 2. The quantitative estimate of drug-likeness (QED) is 0.759. The summed E-state index contributed by atoms with van der Waals surface area (Å²) in [5.41, 5.74) is 0.941. The number of hydrogen-bond acceptors (Lipinski definition) is 2. The van der Waals surface area contributed by atoms with Crippen LogP contribution in [-0.4, -0.2) is 17.6 Å². The molecule has 2 unspecified atom stereocenters. The van der Waals surface area contributed by atoms with Crippen molar-refractivity contribution >= 4 is 5.91 Å². The van der Waals surface area contributed by atoms with Crippen LogP contribution in [0.1, 0.15) is 31.2 Å². The SMILES string of the molecule is CC1CC(=O)NCC(c2ccccc2O)C1. The Hall–Kier alpha value is -1.51. The van der Waals surface area contributed by atoms with Crippen molar-refractivity contribution in [3.63, 3.8) is 0 Å². The zero-order valence-corrected chi connectivity index (χ0v) is 9.44. The van der Waals surface area contributed by atoms with Crippen molar-refractivity contribution in [2.24, 2.45) is 5.92 Å². The van der Waals surface area contributed by atoms with Gasteiger partial charge in [0.2, 0.25) is 5.91 Å². The molecule has 0 spiro atoms. The van der Waals surface area contributed by atoms with Gasteiger partial charge in [0, 0.05) is 18.9 Å². The maximum Gasteiger partial charge on any atom is 0.220 e. The molecule has 0 saturated carbocycles. The van der Waals surface area contributed by atoms with Crippen LogP contribution in [0.4, 0.5) is 0 Å². The number of carbonyl (C=O) groups excluding carboxylic acids is 1. The number of rotatable bonds is 1. The third kappa shape index (κ3) is 2.35. The molecule has 1 aromatic carbocycles. The van der Waals surface area contributed by atoms with Crippen LogP contribution in [0.2, 0.25) is 0 Å². The van der Waals surface area contributed by atoms with Gasteiger partial charge in [-0.25, -0.2) is 0 Å². The summed E-state index contributed by atoms with van der Waals surface area (Å²) in [6.07, 6.45) is 1.53. The molecule has 1 saturated heterocycles. The Morgan fingerprint density at radius 1 is 1.38 bits per heavy atom. The summed E-state index contributed by atoms with van der Waals surface area (Å²) in [6.45, 7) is 2.71. The lowest BCUT2D eigenvalue weighted by atomic mass is 9.89. The van der Waals surface area contributed by atoms with E-state index in [1.165, 1.54) is 0 Å². The zero-order valence-electron chi connectivity index (χ0n) is 9.44. The summed E-state index contributed by atoms with van der Waals surface area (Å²) in [4.78, 5) is 11.4. The molecule has 0 radical (unpaired) electrons. The van der Waals surface area contributed by atoms with Crippen molar-refractivity contribution < 1.29 is 9.90 Å². The average molecular weight is 219 g/mol. The van der Waals surface area contributed by atoms with Gasteiger partial charge in [0.1, 0.15) is 5.75 Å². The zero-order chi connectivity index (χ0) is 11.5. The molecule has 1 aliphatic rings. The van der Waals surface area contributed by atoms with Gasteiger partial charge < -0.3 is 10.4 Å². The first kappa shape index (κ1) is 11.0. The van der Waals surface area contributed by atoms with Crippen molar-refractivity contribution in [1.82, 2.24) is 5.32 Å². The monoisotopic (exact) mass is 219 g/mol. The van der Waals surface area contributed by atoms with Gasteiger partial charge in [-0.2, -0.15) is 0 Å². The standard InChI is InChI=1S/C13H17NO2/c1-9-6-10(8-14-13(16)7-9)11-4-2-3-5-12(11)15/h2-5,9-10,15H,6-8H2,1H3,(H,14,16). The Kier molecular flexibility index (Phi) is 3.13. The fourth-order valence-corrected chi connectivity index (χ4v) is 2.35. The molecule has 2 rings (SSSR count). The second-order valence-electron chi connectivity index (χ2n) is 4.60. The first-order valence-corrected chi connectivity index (χ1v) is 5.71. The van der Waals surface area contributed by atoms with E-state index in [0.29, 0.717) is 24.6 Å². The third-order valence-electron chi connectivity index (χ3n) is 3.14. The number of phenols is 1. The number of phenolic OH excluding ortho intramolecular Hbond substituents is 1. The van der Waals surface area contributed by atoms with Gasteiger partial charge in [-0.15, -0.1) is 0 Å². The Bertz CT molecular complexity index is 389. The fourth-order valence-electron chi connectivity index (χ4n) is 2.35. The summed E-state index contributed by atoms with van der Waals surface area (Å²) in [5.74, 6) is 1.04. The highest BCUT2D eigenvalue weighted by Crippen LogP contribution is 2.32. The molecular formula is C13H17NO2. The van der Waals surface area contributed by atoms with Gasteiger partial charge in [-0.05, 0) is 24.0 Å². The molecule has 1 heterocycles. The van der Waals surface area contributed by atoms with Crippen LogP contribution in [0.25, 0.3) is 0 Å². The first-order valence-electron chi connectivity index (χ1n) is 5.71. The number of para-hydroxylation sites is 1. The van der Waals surface area contributed by atoms with E-state index in [1.807, 2.05) is 18.2 Å². The lowest BCUT2D eigenvalue weighted by molar-refractivity contribution is -0.121. The molecule has 3 heteroatoms. The van der Waals surface area contributed by atoms with Gasteiger partial charge >= 0.3 is 0 Å². The number of nitrogens with one attached hydrogen (secondary N) is 1. The maximum atomic E-state index is 11.4. The molecule has 3 nitrogen and oxygen atoms in total. The predicted octanol–water partition coefficient (Wildman–Crippen LogP) is 2.02. The maximum absolute atomic E-state index is 11.4. The van der Waals surface area contributed by atoms with Gasteiger partial charge in [0.05, 0.1) is 0 Å². The highest BCUT2D eigenvalue weighted by molar-refractivity contribution is 5.76. The van der Waals surface area contributed by atoms with Crippen molar-refractivity contribution in [2.45, 2.75) is 25.7 Å². The molecular weight excluding hydrogens is 202 g/mol. The van der Waals surface area contributed by atoms with Crippen LogP contribution in [0.5, 0.6) is 5.75 Å². The molecule has 0 aromatic heterocycles. The van der Waals surface area contributed by atoms with Crippen molar-refractivity contribution in [1.29, 1.82) is 0 Å². The summed E-state index contributed by atoms with van der Waals surface area (Å²) >= 11 is 0. The molecule has 2 N–H and O–H groups in total. The van der Waals surface area contributed by atoms with Gasteiger partial charge in [0.25, 0.3) is 0 Å². The van der Waals surface area contributed by atoms with E-state index >= 15 is 0 Å². The minimum atomic E-state index is 0.116. The summed E-state index contributed by atoms with van der Waals surface area (Å²) in [5, 5.41) is 12.7. The Labute approximate surface area is 95.5 Å². The second kappa shape index (κ2) is 4.56. The highest BCUT2D eigenvalue weighted by atomic mass is 16.3. The average Bonchev–Trinajstić information content (AvgIpc) is 2.40. The topological polar surface area (TPSA) is 49.3 Å². The third-order valence-corrected chi connectivity index (χ3v) is 3.14. The van der Waals surface area contributed by atoms with E-state index in [1.54, 1.807) is 6.07 Å². The van der Waals surface area contributed by atoms with Crippen LogP contribution >= 0.6 is 0 Å². The van der Waals surface area contributed by atoms with Crippen molar-refractivity contribution in [3.8, 4) is 5.75 Å². The van der Waals surface area contributed by atoms with Gasteiger partial charge in [0.15, 0.2) is 0 Å². The van der Waals surface area contributed by atoms with Crippen molar-refractivity contribution in [3.05, 3.63) is 29.8 Å². The predicted molar refractivity (Wildman–Crippen MR) is 62.3 cm³/mol. The number of aromatic hydroxyl groups is 1. The first-order chi connectivity index (χ1) is 7.66. The molecule has 0 aliphatic carbocycles. The smallest absolute Gasteiger partial charge is 0.220 e. The Morgan fingerprint density at radius 2 is 2.12 bits per heavy atom. The number of benzene rings is 1. The van der Waals surface area contributed by atoms with E-state index in [-0.39, 0.29) is 11.8 Å². The van der Waals surface area contributed by atoms with E-state index in [0.717, 1.165) is 12.0 Å². The summed E-state index contributed by atoms with van der Waals surface area (Å²) in [7, 11) is 0. The lowest BCUT2D eigenvalue weighted by Gasteiger charge is -2.17. The number of carbonyl (C=O) groups is 1. The van der Waals surface area contributed by atoms with Crippen LogP contribution in [0, 0.1) is 5.92 Å². The van der Waals surface area contributed by atoms with Gasteiger partial charge in [-0.1, -0.05) is 25.1 Å². The summed E-state index contributed by atoms with van der Waals surface area (Å²) in [6, 6.07) is 7.38. The molecule has 1 aromatic rings. The minimum absolute atomic E-state index is 0.116. The molecule has 86 valence electrons. The van der Waals surface area contributed by atoms with E-state index in [2.05, 4.69) is 12.2 Å². The van der Waals surface area contributed by atoms with E-state index in [4.69, 9.17) is 0 Å². The van der Waals surface area contributed by atoms with Crippen LogP contribution in [0.15, 0.2) is 24.3 Å². The molecule has 1 fully saturated rings. The number of amides is 1. The Balaban J connectivity index is 2.21. The summed E-state index contributed by atoms with van der Waals surface area (Å²) < 4.78 is 0. The fraction of sp³-hybridized carbons (Fsp3) is 0.462. The molecule has 0 bridgehead atoms. The Morgan fingerprint density at radius 3 is 2.88 bits per heavy atom. The molecule has 1 amide bonds. The molecule has 2 atom stereocenters. The largest absolute Gasteiger partial charge is 0.508 e. The minimum Gasteiger partial charge on any atom is -0.508 e. The van der Waals surface area contributed by atoms with Crippen LogP contribution < -0.4 is 5.32 Å². The van der Waals surface area contributed by atoms with E-state index < -0.39 is 0 Å². The second-order valence-corrected chi connectivity index (χ2v) is 4.60. The van der Waals surface area contributed by atoms with E-state index in [9.17, 15) is 9.90 Å². The van der Waals surface area contributed by atoms with Crippen LogP contribution in [0.3, 0.4) is 0 Å². The lowest BCUT2D eigenvalue weighted by Crippen LogP contribution is -2.25. The molecule has 1 aliphatic heterocycles. The normalized spacial score (nSPS) is 25.9. The highest BCUT2D eigenvalue weighted by Gasteiger charge is 2.23. The van der Waals surface area contributed by atoms with Crippen molar-refractivity contribution in [2.75, 3.05) is 6.54 Å². The van der Waals surface area contributed by atoms with Gasteiger partial charge in [-0.3, -0.25) is 4.79 Å². The molecule has 16 heavy (non-hydrogen) atoms. The van der Waals surface area contributed by atoms with Crippen LogP contribution in [-0.2, 0) is 4.79 Å².